The molecular formula is C18H22N6OS. The van der Waals surface area contributed by atoms with E-state index in [0.717, 1.165) is 60.0 Å². The minimum absolute atomic E-state index is 0.178. The Hall–Kier alpha value is -2.06. The number of amides is 1. The number of rotatable bonds is 2. The molecule has 0 aromatic carbocycles. The fourth-order valence-electron chi connectivity index (χ4n) is 4.33. The van der Waals surface area contributed by atoms with E-state index < -0.39 is 0 Å². The summed E-state index contributed by atoms with van der Waals surface area (Å²) in [4.78, 5) is 30.1. The number of nitrogens with zero attached hydrogens (tertiary/aromatic N) is 4. The van der Waals surface area contributed by atoms with Crippen molar-refractivity contribution < 1.29 is 4.79 Å². The van der Waals surface area contributed by atoms with Gasteiger partial charge in [0, 0.05) is 43.3 Å². The molecule has 3 aliphatic heterocycles. The predicted molar refractivity (Wildman–Crippen MR) is 103 cm³/mol. The molecule has 0 radical (unpaired) electrons. The van der Waals surface area contributed by atoms with Crippen LogP contribution in [0.5, 0.6) is 0 Å². The predicted octanol–water partition coefficient (Wildman–Crippen LogP) is 1.71. The molecule has 2 N–H and O–H groups in total. The number of H-pyrrole nitrogens is 1. The molecule has 5 heterocycles. The molecule has 2 saturated heterocycles. The van der Waals surface area contributed by atoms with Crippen LogP contribution in [-0.4, -0.2) is 63.2 Å². The van der Waals surface area contributed by atoms with Crippen LogP contribution in [0.4, 0.5) is 5.82 Å². The van der Waals surface area contributed by atoms with E-state index in [-0.39, 0.29) is 5.91 Å². The summed E-state index contributed by atoms with van der Waals surface area (Å²) in [6.07, 6.45) is 8.75. The number of fused-ring (bicyclic) bond motifs is 2. The van der Waals surface area contributed by atoms with Gasteiger partial charge < -0.3 is 20.1 Å². The van der Waals surface area contributed by atoms with Crippen molar-refractivity contribution in [1.29, 1.82) is 0 Å². The molecule has 7 nitrogen and oxygen atoms in total. The minimum atomic E-state index is 0.178. The van der Waals surface area contributed by atoms with Crippen LogP contribution in [0, 0.1) is 0 Å². The van der Waals surface area contributed by atoms with E-state index in [1.54, 1.807) is 18.1 Å². The number of hydrogen-bond donors (Lipinski definition) is 2. The Morgan fingerprint density at radius 1 is 1.27 bits per heavy atom. The lowest BCUT2D eigenvalue weighted by atomic mass is 9.97. The second-order valence-electron chi connectivity index (χ2n) is 7.03. The number of likely N-dealkylation sites (tertiary alicyclic amines) is 1. The average molecular weight is 370 g/mol. The molecule has 0 saturated carbocycles. The maximum atomic E-state index is 13.2. The van der Waals surface area contributed by atoms with Crippen LogP contribution < -0.4 is 10.2 Å². The number of aromatic nitrogens is 3. The highest BCUT2D eigenvalue weighted by molar-refractivity contribution is 8.04. The van der Waals surface area contributed by atoms with Gasteiger partial charge >= 0.3 is 0 Å². The van der Waals surface area contributed by atoms with Gasteiger partial charge in [-0.25, -0.2) is 9.97 Å². The van der Waals surface area contributed by atoms with E-state index in [1.165, 1.54) is 6.42 Å². The molecule has 0 unspecified atom stereocenters. The van der Waals surface area contributed by atoms with E-state index >= 15 is 0 Å². The van der Waals surface area contributed by atoms with Gasteiger partial charge in [0.1, 0.15) is 17.8 Å². The molecule has 2 atom stereocenters. The summed E-state index contributed by atoms with van der Waals surface area (Å²) in [5, 5.41) is 4.53. The first-order valence-electron chi connectivity index (χ1n) is 9.25. The van der Waals surface area contributed by atoms with Crippen LogP contribution in [0.3, 0.4) is 0 Å². The Morgan fingerprint density at radius 3 is 3.19 bits per heavy atom. The molecule has 26 heavy (non-hydrogen) atoms. The first-order valence-corrected chi connectivity index (χ1v) is 10.2. The van der Waals surface area contributed by atoms with Crippen LogP contribution in [0.2, 0.25) is 0 Å². The van der Waals surface area contributed by atoms with E-state index in [2.05, 4.69) is 30.1 Å². The maximum absolute atomic E-state index is 13.2. The molecule has 136 valence electrons. The minimum Gasteiger partial charge on any atom is -0.346 e. The van der Waals surface area contributed by atoms with Crippen molar-refractivity contribution in [3.63, 3.8) is 0 Å². The topological polar surface area (TPSA) is 77.2 Å². The summed E-state index contributed by atoms with van der Waals surface area (Å²) < 4.78 is 0. The highest BCUT2D eigenvalue weighted by Gasteiger charge is 2.38. The first kappa shape index (κ1) is 16.1. The quantitative estimate of drug-likeness (QED) is 0.838. The van der Waals surface area contributed by atoms with Gasteiger partial charge in [0.15, 0.2) is 0 Å². The largest absolute Gasteiger partial charge is 0.346 e. The smallest absolute Gasteiger partial charge is 0.262 e. The number of anilines is 1. The second-order valence-corrected chi connectivity index (χ2v) is 8.17. The summed E-state index contributed by atoms with van der Waals surface area (Å²) in [5.74, 6) is 1.92. The number of nitrogens with one attached hydrogen (secondary N) is 2. The standard InChI is InChI=1S/C18H22N6OS/c25-18(24-7-1-2-13-14(24)4-6-19-13)15-10-23(8-9-26-15)17-12-3-5-20-16(12)21-11-22-17/h3,5,10-11,13-14,19H,1-2,4,6-9H2,(H,20,21,22)/t13-,14-/m1/s1. The number of thioether (sulfide) groups is 1. The van der Waals surface area contributed by atoms with Gasteiger partial charge in [0.2, 0.25) is 0 Å². The van der Waals surface area contributed by atoms with Crippen molar-refractivity contribution >= 4 is 34.5 Å². The fraction of sp³-hybridized carbons (Fsp3) is 0.500. The number of hydrogen-bond acceptors (Lipinski definition) is 6. The van der Waals surface area contributed by atoms with Gasteiger partial charge in [-0.1, -0.05) is 0 Å². The number of carbonyl (C=O) groups is 1. The van der Waals surface area contributed by atoms with Gasteiger partial charge in [0.05, 0.1) is 10.3 Å². The highest BCUT2D eigenvalue weighted by atomic mass is 32.2. The third-order valence-corrected chi connectivity index (χ3v) is 6.54. The van der Waals surface area contributed by atoms with Gasteiger partial charge in [0.25, 0.3) is 5.91 Å². The maximum Gasteiger partial charge on any atom is 0.262 e. The Bertz CT molecular complexity index is 864. The van der Waals surface area contributed by atoms with Crippen LogP contribution in [0.25, 0.3) is 11.0 Å². The molecule has 1 amide bonds. The molecule has 3 aliphatic rings. The molecule has 2 aromatic heterocycles. The molecule has 0 bridgehead atoms. The average Bonchev–Trinajstić information content (AvgIpc) is 3.36. The van der Waals surface area contributed by atoms with Crippen LogP contribution in [-0.2, 0) is 4.79 Å². The SMILES string of the molecule is O=C(C1=CN(c2ncnc3[nH]ccc23)CCS1)N1CCC[C@H]2NCC[C@H]21. The summed E-state index contributed by atoms with van der Waals surface area (Å²) in [6.45, 7) is 2.73. The lowest BCUT2D eigenvalue weighted by Crippen LogP contribution is -2.51. The van der Waals surface area contributed by atoms with E-state index in [9.17, 15) is 4.79 Å². The zero-order valence-electron chi connectivity index (χ0n) is 14.5. The Labute approximate surface area is 156 Å². The zero-order valence-corrected chi connectivity index (χ0v) is 15.3. The van der Waals surface area contributed by atoms with Crippen molar-refractivity contribution in [2.45, 2.75) is 31.3 Å². The fourth-order valence-corrected chi connectivity index (χ4v) is 5.28. The molecular weight excluding hydrogens is 348 g/mol. The molecule has 0 aliphatic carbocycles. The summed E-state index contributed by atoms with van der Waals surface area (Å²) in [7, 11) is 0. The number of carbonyl (C=O) groups excluding carboxylic acids is 1. The molecule has 5 rings (SSSR count). The Balaban J connectivity index is 1.43. The van der Waals surface area contributed by atoms with E-state index in [0.29, 0.717) is 12.1 Å². The molecule has 2 aromatic rings. The molecule has 8 heteroatoms. The van der Waals surface area contributed by atoms with Crippen molar-refractivity contribution in [2.75, 3.05) is 30.3 Å². The third-order valence-electron chi connectivity index (χ3n) is 5.57. The monoisotopic (exact) mass is 370 g/mol. The summed E-state index contributed by atoms with van der Waals surface area (Å²) in [6, 6.07) is 2.81. The normalized spacial score (nSPS) is 26.1. The summed E-state index contributed by atoms with van der Waals surface area (Å²) in [5.41, 5.74) is 0.824. The lowest BCUT2D eigenvalue weighted by molar-refractivity contribution is -0.130. The Morgan fingerprint density at radius 2 is 2.23 bits per heavy atom. The third kappa shape index (κ3) is 2.68. The van der Waals surface area contributed by atoms with Crippen LogP contribution in [0.15, 0.2) is 29.7 Å². The van der Waals surface area contributed by atoms with Crippen molar-refractivity contribution in [1.82, 2.24) is 25.2 Å². The van der Waals surface area contributed by atoms with E-state index in [4.69, 9.17) is 0 Å². The molecule has 2 fully saturated rings. The van der Waals surface area contributed by atoms with Gasteiger partial charge in [-0.05, 0) is 31.9 Å². The lowest BCUT2D eigenvalue weighted by Gasteiger charge is -2.38. The van der Waals surface area contributed by atoms with Gasteiger partial charge in [-0.15, -0.1) is 11.8 Å². The van der Waals surface area contributed by atoms with Gasteiger partial charge in [-0.2, -0.15) is 0 Å². The van der Waals surface area contributed by atoms with Crippen molar-refractivity contribution in [2.24, 2.45) is 0 Å². The highest BCUT2D eigenvalue weighted by Crippen LogP contribution is 2.32. The van der Waals surface area contributed by atoms with Crippen molar-refractivity contribution in [3.05, 3.63) is 29.7 Å². The zero-order chi connectivity index (χ0) is 17.5. The van der Waals surface area contributed by atoms with E-state index in [1.807, 2.05) is 18.5 Å². The second kappa shape index (κ2) is 6.59. The summed E-state index contributed by atoms with van der Waals surface area (Å²) >= 11 is 1.66. The van der Waals surface area contributed by atoms with Crippen molar-refractivity contribution in [3.8, 4) is 0 Å². The number of piperidine rings is 1. The molecule has 0 spiro atoms. The first-order chi connectivity index (χ1) is 12.8. The van der Waals surface area contributed by atoms with Crippen LogP contribution in [0.1, 0.15) is 19.3 Å². The number of aromatic amines is 1. The van der Waals surface area contributed by atoms with Gasteiger partial charge in [-0.3, -0.25) is 4.79 Å². The van der Waals surface area contributed by atoms with Crippen LogP contribution >= 0.6 is 11.8 Å². The Kier molecular flexibility index (Phi) is 4.09.